The first kappa shape index (κ1) is 15.1. The summed E-state index contributed by atoms with van der Waals surface area (Å²) in [5, 5.41) is 9.83. The highest BCUT2D eigenvalue weighted by Crippen LogP contribution is 2.54. The number of aliphatic hydroxyl groups excluding tert-OH is 1. The Morgan fingerprint density at radius 3 is 2.65 bits per heavy atom. The summed E-state index contributed by atoms with van der Waals surface area (Å²) in [6.07, 6.45) is 2.19. The summed E-state index contributed by atoms with van der Waals surface area (Å²) in [6, 6.07) is 9.01. The number of rotatable bonds is 3. The molecule has 1 aliphatic heterocycles. The van der Waals surface area contributed by atoms with Crippen LogP contribution in [0, 0.1) is 17.8 Å². The first-order valence-electron chi connectivity index (χ1n) is 8.35. The fraction of sp³-hybridized carbons (Fsp3) is 0.611. The molecule has 0 radical (unpaired) electrons. The maximum atomic E-state index is 12.3. The molecular formula is C18H22O5. The molecule has 124 valence electrons. The van der Waals surface area contributed by atoms with Crippen LogP contribution in [0.4, 0.5) is 0 Å². The molecule has 23 heavy (non-hydrogen) atoms. The molecule has 1 heterocycles. The van der Waals surface area contributed by atoms with Crippen LogP contribution < -0.4 is 0 Å². The Morgan fingerprint density at radius 1 is 1.22 bits per heavy atom. The van der Waals surface area contributed by atoms with E-state index >= 15 is 0 Å². The van der Waals surface area contributed by atoms with Gasteiger partial charge in [0, 0.05) is 25.4 Å². The molecule has 3 fully saturated rings. The Kier molecular flexibility index (Phi) is 3.87. The van der Waals surface area contributed by atoms with Crippen LogP contribution in [0.5, 0.6) is 0 Å². The fourth-order valence-corrected chi connectivity index (χ4v) is 4.57. The minimum absolute atomic E-state index is 0.0279. The Labute approximate surface area is 135 Å². The van der Waals surface area contributed by atoms with Crippen LogP contribution in [0.2, 0.25) is 0 Å². The SMILES string of the molecule is O=C(O[C@H]1C[C@H]2CC3(C[C@H]2[C@@H]1CO)OCCO3)c1ccccc1. The predicted molar refractivity (Wildman–Crippen MR) is 81.7 cm³/mol. The maximum absolute atomic E-state index is 12.3. The molecule has 3 aliphatic rings. The lowest BCUT2D eigenvalue weighted by molar-refractivity contribution is -0.158. The highest BCUT2D eigenvalue weighted by atomic mass is 16.7. The summed E-state index contributed by atoms with van der Waals surface area (Å²) in [4.78, 5) is 12.3. The topological polar surface area (TPSA) is 65.0 Å². The minimum atomic E-state index is -0.447. The summed E-state index contributed by atoms with van der Waals surface area (Å²) in [5.41, 5.74) is 0.556. The molecule has 1 N–H and O–H groups in total. The zero-order valence-corrected chi connectivity index (χ0v) is 13.0. The van der Waals surface area contributed by atoms with Crippen LogP contribution in [0.1, 0.15) is 29.6 Å². The fourth-order valence-electron chi connectivity index (χ4n) is 4.57. The minimum Gasteiger partial charge on any atom is -0.458 e. The van der Waals surface area contributed by atoms with Gasteiger partial charge in [-0.1, -0.05) is 18.2 Å². The number of benzene rings is 1. The molecule has 1 aromatic carbocycles. The first-order chi connectivity index (χ1) is 11.2. The highest BCUT2D eigenvalue weighted by molar-refractivity contribution is 5.89. The van der Waals surface area contributed by atoms with Crippen LogP contribution in [-0.2, 0) is 14.2 Å². The van der Waals surface area contributed by atoms with Gasteiger partial charge in [0.05, 0.1) is 18.8 Å². The zero-order valence-electron chi connectivity index (χ0n) is 13.0. The van der Waals surface area contributed by atoms with E-state index in [9.17, 15) is 9.90 Å². The Morgan fingerprint density at radius 2 is 1.96 bits per heavy atom. The van der Waals surface area contributed by atoms with Gasteiger partial charge in [0.15, 0.2) is 5.79 Å². The van der Waals surface area contributed by atoms with Gasteiger partial charge in [0.25, 0.3) is 0 Å². The maximum Gasteiger partial charge on any atom is 0.338 e. The second-order valence-electron chi connectivity index (χ2n) is 6.83. The third kappa shape index (κ3) is 2.67. The summed E-state index contributed by atoms with van der Waals surface area (Å²) >= 11 is 0. The number of aliphatic hydroxyl groups is 1. The van der Waals surface area contributed by atoms with Gasteiger partial charge in [0.1, 0.15) is 6.10 Å². The van der Waals surface area contributed by atoms with Crippen LogP contribution in [0.25, 0.3) is 0 Å². The molecule has 1 aromatic rings. The van der Waals surface area contributed by atoms with Gasteiger partial charge in [-0.2, -0.15) is 0 Å². The second-order valence-corrected chi connectivity index (χ2v) is 6.83. The number of fused-ring (bicyclic) bond motifs is 1. The van der Waals surface area contributed by atoms with E-state index in [4.69, 9.17) is 14.2 Å². The van der Waals surface area contributed by atoms with E-state index in [-0.39, 0.29) is 24.6 Å². The summed E-state index contributed by atoms with van der Waals surface area (Å²) < 4.78 is 17.3. The average molecular weight is 318 g/mol. The third-order valence-corrected chi connectivity index (χ3v) is 5.58. The van der Waals surface area contributed by atoms with Crippen molar-refractivity contribution in [2.45, 2.75) is 31.2 Å². The van der Waals surface area contributed by atoms with Crippen molar-refractivity contribution in [2.75, 3.05) is 19.8 Å². The van der Waals surface area contributed by atoms with E-state index < -0.39 is 5.79 Å². The normalized spacial score (nSPS) is 34.7. The molecule has 2 aliphatic carbocycles. The molecule has 4 rings (SSSR count). The average Bonchev–Trinajstić information content (AvgIpc) is 3.24. The van der Waals surface area contributed by atoms with Crippen molar-refractivity contribution in [1.29, 1.82) is 0 Å². The molecule has 1 spiro atoms. The quantitative estimate of drug-likeness (QED) is 0.864. The largest absolute Gasteiger partial charge is 0.458 e. The van der Waals surface area contributed by atoms with Crippen molar-refractivity contribution in [3.05, 3.63) is 35.9 Å². The molecule has 5 heteroatoms. The van der Waals surface area contributed by atoms with Gasteiger partial charge >= 0.3 is 5.97 Å². The van der Waals surface area contributed by atoms with Crippen LogP contribution in [-0.4, -0.2) is 42.8 Å². The molecule has 0 bridgehead atoms. The number of ether oxygens (including phenoxy) is 3. The van der Waals surface area contributed by atoms with Crippen molar-refractivity contribution in [1.82, 2.24) is 0 Å². The van der Waals surface area contributed by atoms with Gasteiger partial charge in [-0.25, -0.2) is 4.79 Å². The molecule has 1 saturated heterocycles. The number of hydrogen-bond acceptors (Lipinski definition) is 5. The Hall–Kier alpha value is -1.43. The molecule has 4 atom stereocenters. The van der Waals surface area contributed by atoms with Crippen molar-refractivity contribution in [2.24, 2.45) is 17.8 Å². The number of carbonyl (C=O) groups is 1. The number of hydrogen-bond donors (Lipinski definition) is 1. The van der Waals surface area contributed by atoms with Gasteiger partial charge in [-0.05, 0) is 30.4 Å². The monoisotopic (exact) mass is 318 g/mol. The highest BCUT2D eigenvalue weighted by Gasteiger charge is 2.57. The zero-order chi connectivity index (χ0) is 15.9. The van der Waals surface area contributed by atoms with Crippen LogP contribution in [0.15, 0.2) is 30.3 Å². The van der Waals surface area contributed by atoms with E-state index in [2.05, 4.69) is 0 Å². The molecule has 2 saturated carbocycles. The molecule has 0 aromatic heterocycles. The summed E-state index contributed by atoms with van der Waals surface area (Å²) in [6.45, 7) is 1.33. The van der Waals surface area contributed by atoms with Gasteiger partial charge in [-0.15, -0.1) is 0 Å². The van der Waals surface area contributed by atoms with Crippen molar-refractivity contribution < 1.29 is 24.1 Å². The van der Waals surface area contributed by atoms with Crippen LogP contribution in [0.3, 0.4) is 0 Å². The van der Waals surface area contributed by atoms with E-state index in [1.165, 1.54) is 0 Å². The summed E-state index contributed by atoms with van der Waals surface area (Å²) in [7, 11) is 0. The summed E-state index contributed by atoms with van der Waals surface area (Å²) in [5.74, 6) is -0.0978. The lowest BCUT2D eigenvalue weighted by Crippen LogP contribution is -2.33. The van der Waals surface area contributed by atoms with E-state index in [0.29, 0.717) is 30.6 Å². The third-order valence-electron chi connectivity index (χ3n) is 5.58. The molecule has 5 nitrogen and oxygen atoms in total. The number of carbonyl (C=O) groups excluding carboxylic acids is 1. The van der Waals surface area contributed by atoms with E-state index in [1.807, 2.05) is 18.2 Å². The molecular weight excluding hydrogens is 296 g/mol. The Bertz CT molecular complexity index is 566. The number of esters is 1. The van der Waals surface area contributed by atoms with E-state index in [0.717, 1.165) is 19.3 Å². The van der Waals surface area contributed by atoms with Crippen molar-refractivity contribution >= 4 is 5.97 Å². The van der Waals surface area contributed by atoms with E-state index in [1.54, 1.807) is 12.1 Å². The lowest BCUT2D eigenvalue weighted by Gasteiger charge is -2.27. The van der Waals surface area contributed by atoms with Crippen molar-refractivity contribution in [3.8, 4) is 0 Å². The van der Waals surface area contributed by atoms with Gasteiger partial charge in [0.2, 0.25) is 0 Å². The standard InChI is InChI=1S/C18H22O5/c19-11-15-14-10-18(21-6-7-22-18)9-13(14)8-16(15)23-17(20)12-4-2-1-3-5-12/h1-5,13-16,19H,6-11H2/t13-,14+,15-,16-/m0/s1. The molecule has 0 unspecified atom stereocenters. The van der Waals surface area contributed by atoms with Crippen LogP contribution >= 0.6 is 0 Å². The van der Waals surface area contributed by atoms with Gasteiger partial charge in [-0.3, -0.25) is 0 Å². The predicted octanol–water partition coefficient (Wildman–Crippen LogP) is 1.99. The molecule has 0 amide bonds. The first-order valence-corrected chi connectivity index (χ1v) is 8.35. The van der Waals surface area contributed by atoms with Gasteiger partial charge < -0.3 is 19.3 Å². The van der Waals surface area contributed by atoms with Crippen molar-refractivity contribution in [3.63, 3.8) is 0 Å². The lowest BCUT2D eigenvalue weighted by atomic mass is 9.92. The Balaban J connectivity index is 1.44. The second kappa shape index (κ2) is 5.89. The smallest absolute Gasteiger partial charge is 0.338 e.